The number of ketones is 1. The summed E-state index contributed by atoms with van der Waals surface area (Å²) in [5.41, 5.74) is 0. The first-order valence-electron chi connectivity index (χ1n) is 3.11. The molecule has 0 aliphatic heterocycles. The van der Waals surface area contributed by atoms with E-state index in [-0.39, 0.29) is 12.4 Å². The maximum absolute atomic E-state index is 10.3. The van der Waals surface area contributed by atoms with Gasteiger partial charge in [0.05, 0.1) is 0 Å². The molecule has 2 heteroatoms. The Morgan fingerprint density at radius 3 is 2.78 bits per heavy atom. The molecule has 0 spiro atoms. The minimum atomic E-state index is -0.375. The number of aliphatic hydroxyl groups excluding tert-OH is 1. The van der Waals surface area contributed by atoms with Crippen LogP contribution in [0.1, 0.15) is 19.8 Å². The van der Waals surface area contributed by atoms with Gasteiger partial charge in [-0.3, -0.25) is 4.79 Å². The van der Waals surface area contributed by atoms with Crippen LogP contribution < -0.4 is 0 Å². The first-order chi connectivity index (χ1) is 4.31. The molecule has 0 rings (SSSR count). The molecule has 0 bridgehead atoms. The summed E-state index contributed by atoms with van der Waals surface area (Å²) < 4.78 is 0. The van der Waals surface area contributed by atoms with Gasteiger partial charge in [-0.2, -0.15) is 0 Å². The molecule has 52 valence electrons. The molecule has 0 aromatic rings. The molecular weight excluding hydrogens is 116 g/mol. The molecule has 0 aliphatic rings. The summed E-state index contributed by atoms with van der Waals surface area (Å²) in [5.74, 6) is -0.219. The van der Waals surface area contributed by atoms with E-state index < -0.39 is 0 Å². The smallest absolute Gasteiger partial charge is 0.180 e. The Bertz CT molecular complexity index is 105. The molecule has 2 nitrogen and oxygen atoms in total. The van der Waals surface area contributed by atoms with E-state index in [4.69, 9.17) is 5.11 Å². The van der Waals surface area contributed by atoms with E-state index in [0.29, 0.717) is 0 Å². The van der Waals surface area contributed by atoms with Gasteiger partial charge in [-0.1, -0.05) is 19.4 Å². The van der Waals surface area contributed by atoms with Crippen molar-refractivity contribution in [1.82, 2.24) is 0 Å². The summed E-state index contributed by atoms with van der Waals surface area (Å²) >= 11 is 0. The normalized spacial score (nSPS) is 10.4. The highest BCUT2D eigenvalue weighted by Gasteiger charge is 1.87. The third kappa shape index (κ3) is 5.24. The first-order valence-corrected chi connectivity index (χ1v) is 3.11. The summed E-state index contributed by atoms with van der Waals surface area (Å²) in [4.78, 5) is 10.3. The predicted octanol–water partition coefficient (Wildman–Crippen LogP) is 0.904. The average molecular weight is 128 g/mol. The van der Waals surface area contributed by atoms with Gasteiger partial charge >= 0.3 is 0 Å². The van der Waals surface area contributed by atoms with Gasteiger partial charge in [0.2, 0.25) is 0 Å². The molecule has 0 atom stereocenters. The van der Waals surface area contributed by atoms with E-state index in [1.165, 1.54) is 6.08 Å². The van der Waals surface area contributed by atoms with Crippen molar-refractivity contribution >= 4 is 5.78 Å². The Morgan fingerprint density at radius 2 is 2.33 bits per heavy atom. The third-order valence-corrected chi connectivity index (χ3v) is 0.915. The van der Waals surface area contributed by atoms with Crippen LogP contribution in [0.3, 0.4) is 0 Å². The summed E-state index contributed by atoms with van der Waals surface area (Å²) in [6, 6.07) is 0. The van der Waals surface area contributed by atoms with Crippen molar-refractivity contribution in [2.75, 3.05) is 6.61 Å². The second-order valence-corrected chi connectivity index (χ2v) is 1.82. The topological polar surface area (TPSA) is 37.3 Å². The molecule has 0 saturated carbocycles. The number of allylic oxidation sites excluding steroid dienone is 1. The maximum Gasteiger partial charge on any atom is 0.180 e. The van der Waals surface area contributed by atoms with E-state index in [1.54, 1.807) is 6.08 Å². The summed E-state index contributed by atoms with van der Waals surface area (Å²) in [7, 11) is 0. The minimum Gasteiger partial charge on any atom is -0.388 e. The fraction of sp³-hybridized carbons (Fsp3) is 0.571. The van der Waals surface area contributed by atoms with Crippen LogP contribution in [0.4, 0.5) is 0 Å². The lowest BCUT2D eigenvalue weighted by Crippen LogP contribution is -1.97. The minimum absolute atomic E-state index is 0.219. The molecule has 0 heterocycles. The van der Waals surface area contributed by atoms with Gasteiger partial charge in [0.25, 0.3) is 0 Å². The van der Waals surface area contributed by atoms with Gasteiger partial charge in [-0.15, -0.1) is 0 Å². The Labute approximate surface area is 55.2 Å². The molecule has 0 aromatic heterocycles. The van der Waals surface area contributed by atoms with Crippen molar-refractivity contribution in [3.8, 4) is 0 Å². The molecule has 0 radical (unpaired) electrons. The van der Waals surface area contributed by atoms with Gasteiger partial charge in [0.15, 0.2) is 5.78 Å². The second-order valence-electron chi connectivity index (χ2n) is 1.82. The van der Waals surface area contributed by atoms with E-state index in [1.807, 2.05) is 6.92 Å². The SMILES string of the molecule is CCC/C=C\C(=O)CO. The number of hydrogen-bond acceptors (Lipinski definition) is 2. The molecule has 0 unspecified atom stereocenters. The zero-order chi connectivity index (χ0) is 7.11. The van der Waals surface area contributed by atoms with Crippen molar-refractivity contribution in [2.24, 2.45) is 0 Å². The van der Waals surface area contributed by atoms with Gasteiger partial charge < -0.3 is 5.11 Å². The molecule has 1 N–H and O–H groups in total. The largest absolute Gasteiger partial charge is 0.388 e. The number of carbonyl (C=O) groups excluding carboxylic acids is 1. The van der Waals surface area contributed by atoms with E-state index in [0.717, 1.165) is 12.8 Å². The monoisotopic (exact) mass is 128 g/mol. The number of aliphatic hydroxyl groups is 1. The van der Waals surface area contributed by atoms with Crippen LogP contribution in [0.15, 0.2) is 12.2 Å². The molecule has 0 saturated heterocycles. The van der Waals surface area contributed by atoms with Crippen molar-refractivity contribution in [2.45, 2.75) is 19.8 Å². The zero-order valence-electron chi connectivity index (χ0n) is 5.63. The third-order valence-electron chi connectivity index (χ3n) is 0.915. The fourth-order valence-electron chi connectivity index (χ4n) is 0.434. The lowest BCUT2D eigenvalue weighted by Gasteiger charge is -1.83. The Morgan fingerprint density at radius 1 is 1.67 bits per heavy atom. The molecule has 0 aliphatic carbocycles. The van der Waals surface area contributed by atoms with Gasteiger partial charge in [-0.05, 0) is 12.5 Å². The Kier molecular flexibility index (Phi) is 5.12. The fourth-order valence-corrected chi connectivity index (χ4v) is 0.434. The van der Waals surface area contributed by atoms with Gasteiger partial charge in [0.1, 0.15) is 6.61 Å². The molecular formula is C7H12O2. The van der Waals surface area contributed by atoms with Crippen molar-refractivity contribution in [3.63, 3.8) is 0 Å². The van der Waals surface area contributed by atoms with Crippen molar-refractivity contribution in [1.29, 1.82) is 0 Å². The second kappa shape index (κ2) is 5.51. The average Bonchev–Trinajstić information content (AvgIpc) is 1.89. The highest BCUT2D eigenvalue weighted by molar-refractivity contribution is 5.90. The Hall–Kier alpha value is -0.630. The summed E-state index contributed by atoms with van der Waals surface area (Å²) in [6.45, 7) is 1.66. The van der Waals surface area contributed by atoms with Crippen LogP contribution in [0.25, 0.3) is 0 Å². The van der Waals surface area contributed by atoms with Crippen LogP contribution in [-0.2, 0) is 4.79 Å². The van der Waals surface area contributed by atoms with Crippen LogP contribution in [0.2, 0.25) is 0 Å². The van der Waals surface area contributed by atoms with Crippen LogP contribution in [-0.4, -0.2) is 17.5 Å². The van der Waals surface area contributed by atoms with E-state index in [9.17, 15) is 4.79 Å². The van der Waals surface area contributed by atoms with E-state index in [2.05, 4.69) is 0 Å². The quantitative estimate of drug-likeness (QED) is 0.571. The molecule has 0 amide bonds. The standard InChI is InChI=1S/C7H12O2/c1-2-3-4-5-7(9)6-8/h4-5,8H,2-3,6H2,1H3/b5-4-. The zero-order valence-corrected chi connectivity index (χ0v) is 5.63. The summed E-state index contributed by atoms with van der Waals surface area (Å²) in [6.07, 6.45) is 5.14. The van der Waals surface area contributed by atoms with Crippen LogP contribution in [0.5, 0.6) is 0 Å². The number of hydrogen-bond donors (Lipinski definition) is 1. The first kappa shape index (κ1) is 8.37. The highest BCUT2D eigenvalue weighted by atomic mass is 16.3. The van der Waals surface area contributed by atoms with E-state index >= 15 is 0 Å². The summed E-state index contributed by atoms with van der Waals surface area (Å²) in [5, 5.41) is 8.23. The lowest BCUT2D eigenvalue weighted by atomic mass is 10.3. The number of carbonyl (C=O) groups is 1. The number of rotatable bonds is 4. The van der Waals surface area contributed by atoms with Gasteiger partial charge in [-0.25, -0.2) is 0 Å². The van der Waals surface area contributed by atoms with Crippen LogP contribution in [0, 0.1) is 0 Å². The van der Waals surface area contributed by atoms with Gasteiger partial charge in [0, 0.05) is 0 Å². The van der Waals surface area contributed by atoms with Crippen LogP contribution >= 0.6 is 0 Å². The molecule has 0 fully saturated rings. The predicted molar refractivity (Wildman–Crippen MR) is 36.1 cm³/mol. The lowest BCUT2D eigenvalue weighted by molar-refractivity contribution is -0.117. The van der Waals surface area contributed by atoms with Crippen molar-refractivity contribution in [3.05, 3.63) is 12.2 Å². The molecule has 9 heavy (non-hydrogen) atoms. The highest BCUT2D eigenvalue weighted by Crippen LogP contribution is 1.87. The Balaban J connectivity index is 3.32. The van der Waals surface area contributed by atoms with Crippen molar-refractivity contribution < 1.29 is 9.90 Å². The number of unbranched alkanes of at least 4 members (excludes halogenated alkanes) is 1. The molecule has 0 aromatic carbocycles. The maximum atomic E-state index is 10.3.